The summed E-state index contributed by atoms with van der Waals surface area (Å²) in [6, 6.07) is 35.3. The van der Waals surface area contributed by atoms with Crippen molar-refractivity contribution in [3.63, 3.8) is 0 Å². The maximum atomic E-state index is 12.8. The number of benzene rings is 5. The topological polar surface area (TPSA) is 86.2 Å². The van der Waals surface area contributed by atoms with E-state index < -0.39 is 11.9 Å². The second-order valence-corrected chi connectivity index (χ2v) is 8.79. The first-order chi connectivity index (χ1) is 19.6. The SMILES string of the molecule is COc1ccc(C(=O)Oc2ccc3ccccc3c2C=NNC(=O)COc2ccc(-c3ccccc3)cc2)cc1. The number of ether oxygens (including phenoxy) is 3. The fourth-order valence-electron chi connectivity index (χ4n) is 4.11. The van der Waals surface area contributed by atoms with E-state index >= 15 is 0 Å². The van der Waals surface area contributed by atoms with Gasteiger partial charge in [0.05, 0.1) is 18.9 Å². The molecule has 0 unspecified atom stereocenters. The minimum atomic E-state index is -0.525. The largest absolute Gasteiger partial charge is 0.497 e. The van der Waals surface area contributed by atoms with Crippen molar-refractivity contribution in [2.24, 2.45) is 5.10 Å². The number of rotatable bonds is 9. The summed E-state index contributed by atoms with van der Waals surface area (Å²) in [5.41, 5.74) is 5.56. The third-order valence-electron chi connectivity index (χ3n) is 6.17. The molecule has 0 heterocycles. The van der Waals surface area contributed by atoms with Crippen molar-refractivity contribution in [2.45, 2.75) is 0 Å². The Hall–Kier alpha value is -5.43. The van der Waals surface area contributed by atoms with E-state index in [0.717, 1.165) is 21.9 Å². The molecule has 5 aromatic rings. The first-order valence-electron chi connectivity index (χ1n) is 12.6. The number of nitrogens with one attached hydrogen (secondary N) is 1. The molecule has 5 aromatic carbocycles. The van der Waals surface area contributed by atoms with E-state index in [4.69, 9.17) is 14.2 Å². The molecule has 7 nitrogen and oxygen atoms in total. The number of hydrogen-bond acceptors (Lipinski definition) is 6. The quantitative estimate of drug-likeness (QED) is 0.105. The highest BCUT2D eigenvalue weighted by Gasteiger charge is 2.14. The molecule has 198 valence electrons. The average molecular weight is 531 g/mol. The van der Waals surface area contributed by atoms with Crippen LogP contribution in [0.15, 0.2) is 120 Å². The van der Waals surface area contributed by atoms with Crippen LogP contribution in [0.2, 0.25) is 0 Å². The van der Waals surface area contributed by atoms with Crippen LogP contribution in [0.4, 0.5) is 0 Å². The maximum Gasteiger partial charge on any atom is 0.343 e. The van der Waals surface area contributed by atoms with Crippen LogP contribution in [-0.2, 0) is 4.79 Å². The zero-order valence-corrected chi connectivity index (χ0v) is 21.7. The molecule has 0 saturated heterocycles. The van der Waals surface area contributed by atoms with Gasteiger partial charge in [0.1, 0.15) is 17.2 Å². The van der Waals surface area contributed by atoms with Crippen molar-refractivity contribution in [2.75, 3.05) is 13.7 Å². The van der Waals surface area contributed by atoms with Crippen LogP contribution >= 0.6 is 0 Å². The Morgan fingerprint density at radius 3 is 2.17 bits per heavy atom. The normalized spacial score (nSPS) is 10.8. The minimum absolute atomic E-state index is 0.211. The summed E-state index contributed by atoms with van der Waals surface area (Å²) in [6.45, 7) is -0.211. The van der Waals surface area contributed by atoms with E-state index in [1.165, 1.54) is 6.21 Å². The van der Waals surface area contributed by atoms with Crippen molar-refractivity contribution < 1.29 is 23.8 Å². The summed E-state index contributed by atoms with van der Waals surface area (Å²) in [5, 5.41) is 5.86. The average Bonchev–Trinajstić information content (AvgIpc) is 3.01. The monoisotopic (exact) mass is 530 g/mol. The third-order valence-corrected chi connectivity index (χ3v) is 6.17. The third kappa shape index (κ3) is 6.34. The van der Waals surface area contributed by atoms with Gasteiger partial charge in [-0.25, -0.2) is 10.2 Å². The number of fused-ring (bicyclic) bond motifs is 1. The van der Waals surface area contributed by atoms with Gasteiger partial charge >= 0.3 is 5.97 Å². The molecule has 0 fully saturated rings. The van der Waals surface area contributed by atoms with E-state index in [9.17, 15) is 9.59 Å². The molecular weight excluding hydrogens is 504 g/mol. The molecule has 0 spiro atoms. The molecule has 7 heteroatoms. The van der Waals surface area contributed by atoms with Crippen molar-refractivity contribution in [3.05, 3.63) is 126 Å². The summed E-state index contributed by atoms with van der Waals surface area (Å²) in [6.07, 6.45) is 1.46. The van der Waals surface area contributed by atoms with Gasteiger partial charge in [-0.2, -0.15) is 5.10 Å². The van der Waals surface area contributed by atoms with Gasteiger partial charge in [-0.3, -0.25) is 4.79 Å². The molecule has 40 heavy (non-hydrogen) atoms. The van der Waals surface area contributed by atoms with Crippen LogP contribution in [0.5, 0.6) is 17.2 Å². The number of hydrazone groups is 1. The molecule has 1 N–H and O–H groups in total. The Bertz CT molecular complexity index is 1650. The van der Waals surface area contributed by atoms with Crippen LogP contribution in [0, 0.1) is 0 Å². The molecule has 5 rings (SSSR count). The number of methoxy groups -OCH3 is 1. The highest BCUT2D eigenvalue weighted by molar-refractivity contribution is 6.04. The summed E-state index contributed by atoms with van der Waals surface area (Å²) < 4.78 is 16.5. The van der Waals surface area contributed by atoms with Crippen molar-refractivity contribution in [1.82, 2.24) is 5.43 Å². The highest BCUT2D eigenvalue weighted by atomic mass is 16.5. The number of carbonyl (C=O) groups is 2. The Labute approximate surface area is 231 Å². The molecule has 0 aliphatic heterocycles. The second kappa shape index (κ2) is 12.4. The van der Waals surface area contributed by atoms with Crippen LogP contribution in [-0.4, -0.2) is 31.8 Å². The van der Waals surface area contributed by atoms with Crippen molar-refractivity contribution in [1.29, 1.82) is 0 Å². The fourth-order valence-corrected chi connectivity index (χ4v) is 4.11. The fraction of sp³-hybridized carbons (Fsp3) is 0.0606. The Morgan fingerprint density at radius 2 is 1.43 bits per heavy atom. The predicted octanol–water partition coefficient (Wildman–Crippen LogP) is 6.26. The lowest BCUT2D eigenvalue weighted by Crippen LogP contribution is -2.24. The minimum Gasteiger partial charge on any atom is -0.497 e. The lowest BCUT2D eigenvalue weighted by molar-refractivity contribution is -0.123. The highest BCUT2D eigenvalue weighted by Crippen LogP contribution is 2.28. The van der Waals surface area contributed by atoms with Gasteiger partial charge in [0.2, 0.25) is 0 Å². The van der Waals surface area contributed by atoms with Crippen molar-refractivity contribution in [3.8, 4) is 28.4 Å². The van der Waals surface area contributed by atoms with Gasteiger partial charge in [0, 0.05) is 5.56 Å². The first kappa shape index (κ1) is 26.2. The molecule has 0 bridgehead atoms. The summed E-state index contributed by atoms with van der Waals surface area (Å²) in [7, 11) is 1.56. The van der Waals surface area contributed by atoms with E-state index in [0.29, 0.717) is 28.4 Å². The Balaban J connectivity index is 1.25. The molecule has 0 aliphatic carbocycles. The molecule has 0 saturated carbocycles. The second-order valence-electron chi connectivity index (χ2n) is 8.79. The summed E-state index contributed by atoms with van der Waals surface area (Å²) >= 11 is 0. The number of hydrogen-bond donors (Lipinski definition) is 1. The summed E-state index contributed by atoms with van der Waals surface area (Å²) in [5.74, 6) is 0.565. The molecule has 0 atom stereocenters. The molecule has 1 amide bonds. The number of nitrogens with zero attached hydrogens (tertiary/aromatic N) is 1. The van der Waals surface area contributed by atoms with Gasteiger partial charge in [-0.15, -0.1) is 0 Å². The predicted molar refractivity (Wildman–Crippen MR) is 155 cm³/mol. The Kier molecular flexibility index (Phi) is 8.12. The lowest BCUT2D eigenvalue weighted by Gasteiger charge is -2.11. The first-order valence-corrected chi connectivity index (χ1v) is 12.6. The van der Waals surface area contributed by atoms with E-state index in [-0.39, 0.29) is 6.61 Å². The van der Waals surface area contributed by atoms with E-state index in [1.54, 1.807) is 37.4 Å². The van der Waals surface area contributed by atoms with Crippen LogP contribution < -0.4 is 19.6 Å². The van der Waals surface area contributed by atoms with Gasteiger partial charge in [-0.1, -0.05) is 72.8 Å². The van der Waals surface area contributed by atoms with Crippen LogP contribution in [0.1, 0.15) is 15.9 Å². The standard InChI is InChI=1S/C33H26N2O5/c1-38-27-16-13-26(14-17-27)33(37)40-31-20-15-25-9-5-6-10-29(25)30(31)21-34-35-32(36)22-39-28-18-11-24(12-19-28)23-7-3-2-4-8-23/h2-21H,22H2,1H3,(H,35,36). The smallest absolute Gasteiger partial charge is 0.343 e. The summed E-state index contributed by atoms with van der Waals surface area (Å²) in [4.78, 5) is 25.2. The van der Waals surface area contributed by atoms with Gasteiger partial charge < -0.3 is 14.2 Å². The zero-order valence-electron chi connectivity index (χ0n) is 21.7. The molecular formula is C33H26N2O5. The number of amides is 1. The zero-order chi connectivity index (χ0) is 27.7. The number of esters is 1. The Morgan fingerprint density at radius 1 is 0.750 bits per heavy atom. The van der Waals surface area contributed by atoms with Gasteiger partial charge in [-0.05, 0) is 64.4 Å². The van der Waals surface area contributed by atoms with Crippen molar-refractivity contribution >= 4 is 28.9 Å². The molecule has 0 aromatic heterocycles. The van der Waals surface area contributed by atoms with Gasteiger partial charge in [0.15, 0.2) is 6.61 Å². The lowest BCUT2D eigenvalue weighted by atomic mass is 10.0. The number of carbonyl (C=O) groups excluding carboxylic acids is 2. The molecule has 0 radical (unpaired) electrons. The maximum absolute atomic E-state index is 12.8. The van der Waals surface area contributed by atoms with Crippen LogP contribution in [0.3, 0.4) is 0 Å². The van der Waals surface area contributed by atoms with E-state index in [2.05, 4.69) is 10.5 Å². The van der Waals surface area contributed by atoms with Crippen LogP contribution in [0.25, 0.3) is 21.9 Å². The van der Waals surface area contributed by atoms with Gasteiger partial charge in [0.25, 0.3) is 5.91 Å². The van der Waals surface area contributed by atoms with E-state index in [1.807, 2.05) is 84.9 Å². The molecule has 0 aliphatic rings.